The predicted molar refractivity (Wildman–Crippen MR) is 85.0 cm³/mol. The zero-order chi connectivity index (χ0) is 17.3. The first kappa shape index (κ1) is 20.9. The van der Waals surface area contributed by atoms with Gasteiger partial charge in [0.1, 0.15) is 0 Å². The van der Waals surface area contributed by atoms with Crippen LogP contribution in [-0.2, 0) is 6.18 Å². The lowest BCUT2D eigenvalue weighted by atomic mass is 9.86. The van der Waals surface area contributed by atoms with Crippen LogP contribution < -0.4 is 0 Å². The fraction of sp³-hybridized carbons (Fsp3) is 0.647. The first-order valence-electron chi connectivity index (χ1n) is 7.91. The molecule has 0 spiro atoms. The van der Waals surface area contributed by atoms with E-state index in [1.165, 1.54) is 6.07 Å². The van der Waals surface area contributed by atoms with E-state index in [4.69, 9.17) is 0 Å². The second kappa shape index (κ2) is 9.85. The molecule has 2 unspecified atom stereocenters. The van der Waals surface area contributed by atoms with E-state index in [0.29, 0.717) is 18.5 Å². The van der Waals surface area contributed by atoms with Gasteiger partial charge in [0.2, 0.25) is 0 Å². The molecular weight excluding hydrogens is 291 g/mol. The molecule has 1 saturated heterocycles. The van der Waals surface area contributed by atoms with E-state index >= 15 is 0 Å². The van der Waals surface area contributed by atoms with Gasteiger partial charge >= 0.3 is 6.18 Å². The minimum absolute atomic E-state index is 0.205. The highest BCUT2D eigenvalue weighted by Gasteiger charge is 2.33. The van der Waals surface area contributed by atoms with E-state index in [1.807, 2.05) is 39.6 Å². The van der Waals surface area contributed by atoms with Gasteiger partial charge < -0.3 is 10.0 Å². The number of aliphatic hydroxyl groups is 1. The highest BCUT2D eigenvalue weighted by molar-refractivity contribution is 5.29. The van der Waals surface area contributed by atoms with Crippen LogP contribution in [0.2, 0.25) is 0 Å². The van der Waals surface area contributed by atoms with Crippen molar-refractivity contribution in [2.75, 3.05) is 20.1 Å². The average molecular weight is 319 g/mol. The summed E-state index contributed by atoms with van der Waals surface area (Å²) in [5.41, 5.74) is -0.0726. The monoisotopic (exact) mass is 319 g/mol. The minimum Gasteiger partial charge on any atom is -0.391 e. The van der Waals surface area contributed by atoms with Crippen molar-refractivity contribution in [1.29, 1.82) is 0 Å². The van der Waals surface area contributed by atoms with Crippen LogP contribution >= 0.6 is 0 Å². The standard InChI is InChI=1S/C13H16F3NO.2C2H6/c1-17-6-5-11(12(18)8-17)9-3-2-4-10(7-9)13(14,15)16;2*1-2/h2-4,7,11-12,18H,5-6,8H2,1H3;2*1-2H3. The number of halogens is 3. The van der Waals surface area contributed by atoms with Gasteiger partial charge in [-0.2, -0.15) is 13.2 Å². The van der Waals surface area contributed by atoms with Crippen molar-refractivity contribution in [2.45, 2.75) is 52.3 Å². The van der Waals surface area contributed by atoms with Gasteiger partial charge in [0.15, 0.2) is 0 Å². The van der Waals surface area contributed by atoms with Crippen molar-refractivity contribution >= 4 is 0 Å². The summed E-state index contributed by atoms with van der Waals surface area (Å²) in [5.74, 6) is -0.205. The third-order valence-electron chi connectivity index (χ3n) is 3.43. The highest BCUT2D eigenvalue weighted by Crippen LogP contribution is 2.34. The molecule has 1 aliphatic heterocycles. The first-order chi connectivity index (χ1) is 10.4. The molecule has 0 saturated carbocycles. The third-order valence-corrected chi connectivity index (χ3v) is 3.43. The van der Waals surface area contributed by atoms with Crippen molar-refractivity contribution in [1.82, 2.24) is 4.90 Å². The Labute approximate surface area is 132 Å². The lowest BCUT2D eigenvalue weighted by Crippen LogP contribution is -2.40. The van der Waals surface area contributed by atoms with Crippen LogP contribution in [0.5, 0.6) is 0 Å². The summed E-state index contributed by atoms with van der Waals surface area (Å²) >= 11 is 0. The lowest BCUT2D eigenvalue weighted by molar-refractivity contribution is -0.137. The van der Waals surface area contributed by atoms with E-state index in [9.17, 15) is 18.3 Å². The summed E-state index contributed by atoms with van der Waals surface area (Å²) in [6.45, 7) is 9.29. The zero-order valence-electron chi connectivity index (χ0n) is 14.1. The molecule has 2 rings (SSSR count). The summed E-state index contributed by atoms with van der Waals surface area (Å²) in [7, 11) is 1.89. The molecule has 0 bridgehead atoms. The normalized spacial score (nSPS) is 22.0. The Morgan fingerprint density at radius 1 is 1.14 bits per heavy atom. The number of β-amino-alcohol motifs (C(OH)–C–C–N with tert-alkyl or cyclic N) is 1. The van der Waals surface area contributed by atoms with Crippen molar-refractivity contribution in [3.8, 4) is 0 Å². The molecule has 0 aliphatic carbocycles. The summed E-state index contributed by atoms with van der Waals surface area (Å²) in [5, 5.41) is 9.96. The van der Waals surface area contributed by atoms with Crippen LogP contribution in [0.4, 0.5) is 13.2 Å². The molecule has 128 valence electrons. The SMILES string of the molecule is CC.CC.CN1CCC(c2cccc(C(F)(F)F)c2)C(O)C1. The topological polar surface area (TPSA) is 23.5 Å². The molecule has 0 aromatic heterocycles. The Balaban J connectivity index is 0.00000102. The molecule has 1 aliphatic rings. The van der Waals surface area contributed by atoms with Gasteiger partial charge in [-0.3, -0.25) is 0 Å². The summed E-state index contributed by atoms with van der Waals surface area (Å²) in [6.07, 6.45) is -4.25. The van der Waals surface area contributed by atoms with E-state index < -0.39 is 17.8 Å². The minimum atomic E-state index is -4.33. The maximum Gasteiger partial charge on any atom is 0.416 e. The molecule has 2 nitrogen and oxygen atoms in total. The van der Waals surface area contributed by atoms with Gasteiger partial charge in [0, 0.05) is 12.5 Å². The number of piperidine rings is 1. The number of likely N-dealkylation sites (N-methyl/N-ethyl adjacent to an activating group) is 1. The van der Waals surface area contributed by atoms with E-state index in [-0.39, 0.29) is 5.92 Å². The quantitative estimate of drug-likeness (QED) is 0.821. The Morgan fingerprint density at radius 3 is 2.23 bits per heavy atom. The number of aliphatic hydroxyl groups excluding tert-OH is 1. The van der Waals surface area contributed by atoms with Crippen LogP contribution in [0.15, 0.2) is 24.3 Å². The molecule has 0 amide bonds. The van der Waals surface area contributed by atoms with Crippen molar-refractivity contribution < 1.29 is 18.3 Å². The molecule has 1 heterocycles. The largest absolute Gasteiger partial charge is 0.416 e. The van der Waals surface area contributed by atoms with Crippen LogP contribution in [0.1, 0.15) is 51.2 Å². The van der Waals surface area contributed by atoms with Gasteiger partial charge in [-0.25, -0.2) is 0 Å². The van der Waals surface area contributed by atoms with E-state index in [1.54, 1.807) is 6.07 Å². The van der Waals surface area contributed by atoms with Crippen molar-refractivity contribution in [3.63, 3.8) is 0 Å². The molecule has 5 heteroatoms. The molecule has 2 atom stereocenters. The van der Waals surface area contributed by atoms with E-state index in [0.717, 1.165) is 18.7 Å². The fourth-order valence-corrected chi connectivity index (χ4v) is 2.42. The number of hydrogen-bond acceptors (Lipinski definition) is 2. The summed E-state index contributed by atoms with van der Waals surface area (Å²) in [4.78, 5) is 1.98. The van der Waals surface area contributed by atoms with E-state index in [2.05, 4.69) is 0 Å². The van der Waals surface area contributed by atoms with Crippen molar-refractivity contribution in [2.24, 2.45) is 0 Å². The van der Waals surface area contributed by atoms with Gasteiger partial charge in [-0.1, -0.05) is 45.9 Å². The second-order valence-electron chi connectivity index (χ2n) is 4.85. The number of hydrogen-bond donors (Lipinski definition) is 1. The predicted octanol–water partition coefficient (Wildman–Crippen LogP) is 4.54. The van der Waals surface area contributed by atoms with Gasteiger partial charge in [-0.05, 0) is 31.6 Å². The van der Waals surface area contributed by atoms with Crippen LogP contribution in [-0.4, -0.2) is 36.2 Å². The maximum absolute atomic E-state index is 12.6. The fourth-order valence-electron chi connectivity index (χ4n) is 2.42. The van der Waals surface area contributed by atoms with Crippen LogP contribution in [0, 0.1) is 0 Å². The van der Waals surface area contributed by atoms with Gasteiger partial charge in [0.05, 0.1) is 11.7 Å². The summed E-state index contributed by atoms with van der Waals surface area (Å²) in [6, 6.07) is 5.28. The number of nitrogens with zero attached hydrogens (tertiary/aromatic N) is 1. The lowest BCUT2D eigenvalue weighted by Gasteiger charge is -2.34. The summed E-state index contributed by atoms with van der Waals surface area (Å²) < 4.78 is 37.9. The molecule has 1 aromatic carbocycles. The molecule has 22 heavy (non-hydrogen) atoms. The van der Waals surface area contributed by atoms with Crippen LogP contribution in [0.3, 0.4) is 0 Å². The molecule has 0 radical (unpaired) electrons. The second-order valence-corrected chi connectivity index (χ2v) is 4.85. The molecular formula is C17H28F3NO. The average Bonchev–Trinajstić information content (AvgIpc) is 2.50. The van der Waals surface area contributed by atoms with Gasteiger partial charge in [0.25, 0.3) is 0 Å². The number of rotatable bonds is 1. The third kappa shape index (κ3) is 5.97. The maximum atomic E-state index is 12.6. The Hall–Kier alpha value is -1.07. The molecule has 1 aromatic rings. The number of likely N-dealkylation sites (tertiary alicyclic amines) is 1. The Kier molecular flexibility index (Phi) is 9.37. The smallest absolute Gasteiger partial charge is 0.391 e. The van der Waals surface area contributed by atoms with Crippen molar-refractivity contribution in [3.05, 3.63) is 35.4 Å². The van der Waals surface area contributed by atoms with Crippen LogP contribution in [0.25, 0.3) is 0 Å². The zero-order valence-corrected chi connectivity index (χ0v) is 14.1. The Morgan fingerprint density at radius 2 is 1.73 bits per heavy atom. The molecule has 1 N–H and O–H groups in total. The Bertz CT molecular complexity index is 421. The first-order valence-corrected chi connectivity index (χ1v) is 7.91. The molecule has 1 fully saturated rings. The van der Waals surface area contributed by atoms with Gasteiger partial charge in [-0.15, -0.1) is 0 Å². The number of benzene rings is 1. The highest BCUT2D eigenvalue weighted by atomic mass is 19.4. The number of alkyl halides is 3.